The Hall–Kier alpha value is -2.08. The molecule has 0 aliphatic heterocycles. The summed E-state index contributed by atoms with van der Waals surface area (Å²) in [5.74, 6) is 1.54. The van der Waals surface area contributed by atoms with Gasteiger partial charge in [-0.1, -0.05) is 12.1 Å². The van der Waals surface area contributed by atoms with E-state index >= 15 is 0 Å². The zero-order chi connectivity index (χ0) is 17.4. The first-order chi connectivity index (χ1) is 11.6. The largest absolute Gasteiger partial charge is 0.475 e. The minimum absolute atomic E-state index is 0.136. The number of guanidine groups is 1. The van der Waals surface area contributed by atoms with Crippen LogP contribution in [0.25, 0.3) is 0 Å². The highest BCUT2D eigenvalue weighted by Gasteiger charge is 2.07. The molecule has 0 saturated carbocycles. The van der Waals surface area contributed by atoms with Gasteiger partial charge in [-0.15, -0.1) is 11.3 Å². The summed E-state index contributed by atoms with van der Waals surface area (Å²) < 4.78 is 5.56. The number of pyridine rings is 1. The molecule has 2 heterocycles. The van der Waals surface area contributed by atoms with Gasteiger partial charge in [0.05, 0.1) is 6.10 Å². The molecule has 0 saturated heterocycles. The predicted octanol–water partition coefficient (Wildman–Crippen LogP) is 3.18. The topological polar surface area (TPSA) is 49.8 Å². The lowest BCUT2D eigenvalue weighted by Gasteiger charge is -2.21. The van der Waals surface area contributed by atoms with Gasteiger partial charge in [0, 0.05) is 44.3 Å². The summed E-state index contributed by atoms with van der Waals surface area (Å²) in [5.41, 5.74) is 1.10. The van der Waals surface area contributed by atoms with Crippen LogP contribution in [-0.4, -0.2) is 42.6 Å². The van der Waals surface area contributed by atoms with Crippen LogP contribution in [-0.2, 0) is 13.0 Å². The Morgan fingerprint density at radius 3 is 2.79 bits per heavy atom. The number of hydrogen-bond donors (Lipinski definition) is 1. The molecule has 0 aromatic carbocycles. The maximum Gasteiger partial charge on any atom is 0.213 e. The van der Waals surface area contributed by atoms with Crippen LogP contribution < -0.4 is 10.1 Å². The molecule has 0 bridgehead atoms. The fraction of sp³-hybridized carbons (Fsp3) is 0.444. The Morgan fingerprint density at radius 2 is 2.21 bits per heavy atom. The van der Waals surface area contributed by atoms with Crippen LogP contribution >= 0.6 is 11.3 Å². The maximum absolute atomic E-state index is 5.56. The van der Waals surface area contributed by atoms with Crippen molar-refractivity contribution in [3.63, 3.8) is 0 Å². The van der Waals surface area contributed by atoms with Crippen LogP contribution in [0.3, 0.4) is 0 Å². The molecule has 0 unspecified atom stereocenters. The molecule has 1 N–H and O–H groups in total. The third-order valence-electron chi connectivity index (χ3n) is 3.45. The molecule has 0 aliphatic rings. The van der Waals surface area contributed by atoms with E-state index < -0.39 is 0 Å². The molecule has 130 valence electrons. The second kappa shape index (κ2) is 9.27. The summed E-state index contributed by atoms with van der Waals surface area (Å²) in [6, 6.07) is 8.19. The van der Waals surface area contributed by atoms with Crippen molar-refractivity contribution in [1.82, 2.24) is 15.2 Å². The van der Waals surface area contributed by atoms with Gasteiger partial charge < -0.3 is 15.0 Å². The van der Waals surface area contributed by atoms with Crippen LogP contribution in [0.1, 0.15) is 24.3 Å². The van der Waals surface area contributed by atoms with Crippen LogP contribution in [0.5, 0.6) is 5.88 Å². The first kappa shape index (κ1) is 18.3. The third-order valence-corrected chi connectivity index (χ3v) is 4.39. The Morgan fingerprint density at radius 1 is 1.38 bits per heavy atom. The minimum Gasteiger partial charge on any atom is -0.475 e. The Labute approximate surface area is 148 Å². The molecule has 2 rings (SSSR count). The van der Waals surface area contributed by atoms with E-state index in [9.17, 15) is 0 Å². The molecule has 0 radical (unpaired) electrons. The van der Waals surface area contributed by atoms with Crippen molar-refractivity contribution in [2.24, 2.45) is 4.99 Å². The van der Waals surface area contributed by atoms with E-state index in [2.05, 4.69) is 44.8 Å². The van der Waals surface area contributed by atoms with Gasteiger partial charge in [0.1, 0.15) is 0 Å². The summed E-state index contributed by atoms with van der Waals surface area (Å²) in [5, 5.41) is 5.49. The molecule has 0 spiro atoms. The van der Waals surface area contributed by atoms with Gasteiger partial charge in [-0.2, -0.15) is 0 Å². The zero-order valence-electron chi connectivity index (χ0n) is 14.8. The molecule has 0 amide bonds. The number of likely N-dealkylation sites (N-methyl/N-ethyl adjacent to an activating group) is 1. The van der Waals surface area contributed by atoms with Gasteiger partial charge >= 0.3 is 0 Å². The van der Waals surface area contributed by atoms with E-state index in [1.165, 1.54) is 4.88 Å². The van der Waals surface area contributed by atoms with Crippen LogP contribution in [0.2, 0.25) is 0 Å². The summed E-state index contributed by atoms with van der Waals surface area (Å²) in [4.78, 5) is 12.2. The lowest BCUT2D eigenvalue weighted by molar-refractivity contribution is 0.232. The highest BCUT2D eigenvalue weighted by atomic mass is 32.1. The third kappa shape index (κ3) is 5.85. The summed E-state index contributed by atoms with van der Waals surface area (Å²) in [6.07, 6.45) is 3.00. The Bertz CT molecular complexity index is 623. The lowest BCUT2D eigenvalue weighted by Crippen LogP contribution is -2.39. The van der Waals surface area contributed by atoms with Gasteiger partial charge in [0.2, 0.25) is 5.88 Å². The van der Waals surface area contributed by atoms with Crippen molar-refractivity contribution < 1.29 is 4.74 Å². The average molecular weight is 347 g/mol. The molecule has 2 aromatic heterocycles. The number of thiophene rings is 1. The predicted molar refractivity (Wildman–Crippen MR) is 101 cm³/mol. The highest BCUT2D eigenvalue weighted by Crippen LogP contribution is 2.10. The van der Waals surface area contributed by atoms with Gasteiger partial charge in [-0.3, -0.25) is 4.99 Å². The number of aliphatic imine (C=N–C) groups is 1. The average Bonchev–Trinajstić information content (AvgIpc) is 3.08. The minimum atomic E-state index is 0.136. The van der Waals surface area contributed by atoms with Crippen molar-refractivity contribution >= 4 is 17.3 Å². The monoisotopic (exact) mass is 346 g/mol. The van der Waals surface area contributed by atoms with Gasteiger partial charge in [0.15, 0.2) is 5.96 Å². The van der Waals surface area contributed by atoms with Gasteiger partial charge in [-0.05, 0) is 37.3 Å². The van der Waals surface area contributed by atoms with E-state index in [-0.39, 0.29) is 6.10 Å². The van der Waals surface area contributed by atoms with E-state index in [0.29, 0.717) is 12.4 Å². The summed E-state index contributed by atoms with van der Waals surface area (Å²) in [6.45, 7) is 5.60. The number of nitrogens with zero attached hydrogens (tertiary/aromatic N) is 3. The van der Waals surface area contributed by atoms with E-state index in [0.717, 1.165) is 24.5 Å². The molecule has 0 fully saturated rings. The van der Waals surface area contributed by atoms with Crippen LogP contribution in [0, 0.1) is 0 Å². The molecule has 6 heteroatoms. The van der Waals surface area contributed by atoms with Crippen molar-refractivity contribution in [2.45, 2.75) is 32.9 Å². The van der Waals surface area contributed by atoms with E-state index in [4.69, 9.17) is 4.74 Å². The fourth-order valence-electron chi connectivity index (χ4n) is 2.23. The molecule has 2 aromatic rings. The number of ether oxygens (including phenoxy) is 1. The van der Waals surface area contributed by atoms with E-state index in [1.807, 2.05) is 39.2 Å². The van der Waals surface area contributed by atoms with Crippen molar-refractivity contribution in [3.8, 4) is 5.88 Å². The van der Waals surface area contributed by atoms with Crippen molar-refractivity contribution in [1.29, 1.82) is 0 Å². The highest BCUT2D eigenvalue weighted by molar-refractivity contribution is 7.09. The van der Waals surface area contributed by atoms with Crippen molar-refractivity contribution in [3.05, 3.63) is 46.3 Å². The SMILES string of the molecule is CN=C(NCc1ccc(OC(C)C)nc1)N(C)CCc1cccs1. The van der Waals surface area contributed by atoms with Gasteiger partial charge in [-0.25, -0.2) is 4.98 Å². The molecule has 0 aliphatic carbocycles. The fourth-order valence-corrected chi connectivity index (χ4v) is 2.93. The van der Waals surface area contributed by atoms with E-state index in [1.54, 1.807) is 11.3 Å². The molecule has 0 atom stereocenters. The Balaban J connectivity index is 1.82. The second-order valence-corrected chi connectivity index (χ2v) is 6.86. The number of nitrogens with one attached hydrogen (secondary N) is 1. The standard InChI is InChI=1S/C18H26N4OS/c1-14(2)23-17-8-7-15(12-20-17)13-21-18(19-3)22(4)10-9-16-6-5-11-24-16/h5-8,11-12,14H,9-10,13H2,1-4H3,(H,19,21). The quantitative estimate of drug-likeness (QED) is 0.618. The maximum atomic E-state index is 5.56. The zero-order valence-corrected chi connectivity index (χ0v) is 15.6. The normalized spacial score (nSPS) is 11.6. The van der Waals surface area contributed by atoms with Crippen LogP contribution in [0.15, 0.2) is 40.8 Å². The lowest BCUT2D eigenvalue weighted by atomic mass is 10.3. The molecular formula is C18H26N4OS. The first-order valence-electron chi connectivity index (χ1n) is 8.14. The number of rotatable bonds is 7. The second-order valence-electron chi connectivity index (χ2n) is 5.82. The summed E-state index contributed by atoms with van der Waals surface area (Å²) in [7, 11) is 3.86. The smallest absolute Gasteiger partial charge is 0.213 e. The Kier molecular flexibility index (Phi) is 7.06. The van der Waals surface area contributed by atoms with Crippen LogP contribution in [0.4, 0.5) is 0 Å². The molecule has 24 heavy (non-hydrogen) atoms. The van der Waals surface area contributed by atoms with Crippen molar-refractivity contribution in [2.75, 3.05) is 20.6 Å². The number of hydrogen-bond acceptors (Lipinski definition) is 4. The van der Waals surface area contributed by atoms with Gasteiger partial charge in [0.25, 0.3) is 0 Å². The number of aromatic nitrogens is 1. The first-order valence-corrected chi connectivity index (χ1v) is 9.02. The molecular weight excluding hydrogens is 320 g/mol. The molecule has 5 nitrogen and oxygen atoms in total. The summed E-state index contributed by atoms with van der Waals surface area (Å²) >= 11 is 1.79.